The lowest BCUT2D eigenvalue weighted by molar-refractivity contribution is 0.0663. The third-order valence-electron chi connectivity index (χ3n) is 6.94. The Morgan fingerprint density at radius 3 is 2.76 bits per heavy atom. The van der Waals surface area contributed by atoms with Crippen LogP contribution in [0.5, 0.6) is 0 Å². The molecule has 0 saturated carbocycles. The number of aliphatic hydroxyl groups excluding tert-OH is 1. The number of benzene rings is 1. The van der Waals surface area contributed by atoms with E-state index in [1.807, 2.05) is 30.1 Å². The smallest absolute Gasteiger partial charge is 0.227 e. The van der Waals surface area contributed by atoms with Gasteiger partial charge >= 0.3 is 0 Å². The molecule has 2 unspecified atom stereocenters. The predicted molar refractivity (Wildman–Crippen MR) is 129 cm³/mol. The number of likely N-dealkylation sites (tertiary alicyclic amines) is 1. The normalized spacial score (nSPS) is 22.3. The van der Waals surface area contributed by atoms with Gasteiger partial charge in [-0.1, -0.05) is 18.5 Å². The number of piperidine rings is 1. The number of hydrogen-bond acceptors (Lipinski definition) is 7. The summed E-state index contributed by atoms with van der Waals surface area (Å²) in [5.74, 6) is 0.929. The van der Waals surface area contributed by atoms with Crippen LogP contribution in [0.4, 0.5) is 11.6 Å². The van der Waals surface area contributed by atoms with Gasteiger partial charge in [0, 0.05) is 23.2 Å². The molecule has 2 atom stereocenters. The van der Waals surface area contributed by atoms with Crippen molar-refractivity contribution >= 4 is 34.1 Å². The summed E-state index contributed by atoms with van der Waals surface area (Å²) >= 11 is 6.69. The molecule has 33 heavy (non-hydrogen) atoms. The first-order valence-corrected chi connectivity index (χ1v) is 12.2. The Hall–Kier alpha value is -2.26. The highest BCUT2D eigenvalue weighted by Crippen LogP contribution is 2.36. The Bertz CT molecular complexity index is 1130. The monoisotopic (exact) mass is 470 g/mol. The van der Waals surface area contributed by atoms with E-state index in [0.29, 0.717) is 25.1 Å². The molecule has 1 aromatic carbocycles. The summed E-state index contributed by atoms with van der Waals surface area (Å²) in [6.45, 7) is 8.00. The minimum atomic E-state index is -0.383. The van der Waals surface area contributed by atoms with Crippen LogP contribution >= 0.6 is 11.6 Å². The highest BCUT2D eigenvalue weighted by molar-refractivity contribution is 6.32. The van der Waals surface area contributed by atoms with E-state index in [0.717, 1.165) is 71.8 Å². The molecule has 2 fully saturated rings. The van der Waals surface area contributed by atoms with Crippen molar-refractivity contribution < 1.29 is 9.84 Å². The van der Waals surface area contributed by atoms with E-state index in [2.05, 4.69) is 33.3 Å². The van der Waals surface area contributed by atoms with E-state index < -0.39 is 0 Å². The topological polar surface area (TPSA) is 88.3 Å². The van der Waals surface area contributed by atoms with Gasteiger partial charge < -0.3 is 15.2 Å². The molecule has 0 spiro atoms. The van der Waals surface area contributed by atoms with Gasteiger partial charge in [-0.25, -0.2) is 9.97 Å². The number of ether oxygens (including phenoxy) is 1. The maximum Gasteiger partial charge on any atom is 0.227 e. The molecule has 8 nitrogen and oxygen atoms in total. The molecule has 0 bridgehead atoms. The first kappa shape index (κ1) is 22.5. The SMILES string of the molecule is CCCn1ncc(Nc2ncc3cc(Cl)c(C4CCN(C5COCC5O)CC4)cc3n2)c1C. The lowest BCUT2D eigenvalue weighted by atomic mass is 9.88. The van der Waals surface area contributed by atoms with E-state index in [1.165, 1.54) is 0 Å². The summed E-state index contributed by atoms with van der Waals surface area (Å²) in [5, 5.41) is 19.6. The Kier molecular flexibility index (Phi) is 6.51. The lowest BCUT2D eigenvalue weighted by Gasteiger charge is -2.36. The summed E-state index contributed by atoms with van der Waals surface area (Å²) in [6, 6.07) is 4.21. The lowest BCUT2D eigenvalue weighted by Crippen LogP contribution is -2.46. The third kappa shape index (κ3) is 4.57. The number of aryl methyl sites for hydroxylation is 1. The number of nitrogens with zero attached hydrogens (tertiary/aromatic N) is 5. The summed E-state index contributed by atoms with van der Waals surface area (Å²) < 4.78 is 7.43. The van der Waals surface area contributed by atoms with E-state index in [1.54, 1.807) is 0 Å². The molecule has 5 rings (SSSR count). The molecule has 0 aliphatic carbocycles. The summed E-state index contributed by atoms with van der Waals surface area (Å²) in [6.07, 6.45) is 6.29. The molecule has 0 amide bonds. The van der Waals surface area contributed by atoms with Gasteiger partial charge in [0.25, 0.3) is 0 Å². The number of anilines is 2. The van der Waals surface area contributed by atoms with Gasteiger partial charge in [0.15, 0.2) is 0 Å². The van der Waals surface area contributed by atoms with Gasteiger partial charge in [-0.05, 0) is 62.9 Å². The molecule has 2 aliphatic heterocycles. The largest absolute Gasteiger partial charge is 0.389 e. The Labute approximate surface area is 198 Å². The van der Waals surface area contributed by atoms with E-state index in [9.17, 15) is 5.11 Å². The molecule has 4 heterocycles. The fourth-order valence-corrected chi connectivity index (χ4v) is 5.32. The minimum absolute atomic E-state index is 0.115. The van der Waals surface area contributed by atoms with Crippen LogP contribution in [-0.4, -0.2) is 68.2 Å². The second-order valence-electron chi connectivity index (χ2n) is 9.10. The van der Waals surface area contributed by atoms with Crippen molar-refractivity contribution in [1.29, 1.82) is 0 Å². The molecule has 2 saturated heterocycles. The highest BCUT2D eigenvalue weighted by Gasteiger charge is 2.34. The second-order valence-corrected chi connectivity index (χ2v) is 9.51. The Morgan fingerprint density at radius 2 is 2.03 bits per heavy atom. The first-order valence-electron chi connectivity index (χ1n) is 11.8. The number of fused-ring (bicyclic) bond motifs is 1. The summed E-state index contributed by atoms with van der Waals surface area (Å²) in [4.78, 5) is 11.6. The second kappa shape index (κ2) is 9.54. The van der Waals surface area contributed by atoms with Gasteiger partial charge in [0.05, 0.1) is 48.5 Å². The van der Waals surface area contributed by atoms with Crippen LogP contribution in [0, 0.1) is 6.92 Å². The fraction of sp³-hybridized carbons (Fsp3) is 0.542. The number of hydrogen-bond donors (Lipinski definition) is 2. The predicted octanol–water partition coefficient (Wildman–Crippen LogP) is 3.88. The summed E-state index contributed by atoms with van der Waals surface area (Å²) in [5.41, 5.74) is 4.01. The van der Waals surface area contributed by atoms with Crippen molar-refractivity contribution in [3.05, 3.63) is 40.8 Å². The first-order chi connectivity index (χ1) is 16.0. The molecular formula is C24H31ClN6O2. The van der Waals surface area contributed by atoms with Gasteiger partial charge in [0.1, 0.15) is 0 Å². The Morgan fingerprint density at radius 1 is 1.21 bits per heavy atom. The van der Waals surface area contributed by atoms with Crippen LogP contribution in [0.25, 0.3) is 10.9 Å². The molecule has 2 N–H and O–H groups in total. The van der Waals surface area contributed by atoms with Crippen LogP contribution in [-0.2, 0) is 11.3 Å². The van der Waals surface area contributed by atoms with Crippen molar-refractivity contribution in [3.8, 4) is 0 Å². The molecular weight excluding hydrogens is 440 g/mol. The van der Waals surface area contributed by atoms with Gasteiger partial charge in [-0.15, -0.1) is 0 Å². The highest BCUT2D eigenvalue weighted by atomic mass is 35.5. The molecule has 176 valence electrons. The quantitative estimate of drug-likeness (QED) is 0.565. The summed E-state index contributed by atoms with van der Waals surface area (Å²) in [7, 11) is 0. The van der Waals surface area contributed by atoms with Crippen molar-refractivity contribution in [1.82, 2.24) is 24.6 Å². The molecule has 0 radical (unpaired) electrons. The number of halogens is 1. The van der Waals surface area contributed by atoms with Crippen LogP contribution < -0.4 is 5.32 Å². The Balaban J connectivity index is 1.33. The van der Waals surface area contributed by atoms with Crippen molar-refractivity contribution in [2.24, 2.45) is 0 Å². The number of aromatic nitrogens is 4. The van der Waals surface area contributed by atoms with Crippen molar-refractivity contribution in [2.45, 2.75) is 57.7 Å². The fourth-order valence-electron chi connectivity index (χ4n) is 4.99. The number of aliphatic hydroxyl groups is 1. The number of rotatable bonds is 6. The van der Waals surface area contributed by atoms with Crippen LogP contribution in [0.3, 0.4) is 0 Å². The van der Waals surface area contributed by atoms with Gasteiger partial charge in [-0.2, -0.15) is 5.10 Å². The molecule has 3 aromatic rings. The van der Waals surface area contributed by atoms with Crippen molar-refractivity contribution in [2.75, 3.05) is 31.6 Å². The van der Waals surface area contributed by atoms with Gasteiger partial charge in [0.2, 0.25) is 5.95 Å². The maximum atomic E-state index is 10.2. The zero-order chi connectivity index (χ0) is 22.9. The van der Waals surface area contributed by atoms with Gasteiger partial charge in [-0.3, -0.25) is 9.58 Å². The number of nitrogens with one attached hydrogen (secondary N) is 1. The average molecular weight is 471 g/mol. The van der Waals surface area contributed by atoms with E-state index >= 15 is 0 Å². The third-order valence-corrected chi connectivity index (χ3v) is 7.27. The van der Waals surface area contributed by atoms with Crippen LogP contribution in [0.2, 0.25) is 5.02 Å². The van der Waals surface area contributed by atoms with E-state index in [-0.39, 0.29) is 12.1 Å². The molecule has 2 aromatic heterocycles. The molecule has 9 heteroatoms. The van der Waals surface area contributed by atoms with Crippen LogP contribution in [0.15, 0.2) is 24.5 Å². The average Bonchev–Trinajstić information content (AvgIpc) is 3.40. The standard InChI is InChI=1S/C24H31ClN6O2/c1-3-6-31-15(2)21(12-27-31)29-24-26-11-17-9-19(25)18(10-20(17)28-24)16-4-7-30(8-5-16)22-13-33-14-23(22)32/h9-12,16,22-23,32H,3-8,13-14H2,1-2H3,(H,26,28,29). The van der Waals surface area contributed by atoms with Crippen molar-refractivity contribution in [3.63, 3.8) is 0 Å². The zero-order valence-corrected chi connectivity index (χ0v) is 19.9. The zero-order valence-electron chi connectivity index (χ0n) is 19.2. The van der Waals surface area contributed by atoms with E-state index in [4.69, 9.17) is 21.3 Å². The minimum Gasteiger partial charge on any atom is -0.389 e. The maximum absolute atomic E-state index is 10.2. The molecule has 2 aliphatic rings. The van der Waals surface area contributed by atoms with Crippen LogP contribution in [0.1, 0.15) is 43.4 Å².